The number of carbonyl (C=O) groups is 1. The molecule has 106 valence electrons. The van der Waals surface area contributed by atoms with Crippen molar-refractivity contribution in [3.8, 4) is 0 Å². The third-order valence-corrected chi connectivity index (χ3v) is 3.06. The first-order valence-corrected chi connectivity index (χ1v) is 6.05. The molecule has 0 amide bonds. The number of rotatable bonds is 4. The molecular weight excluding hydrogens is 269 g/mol. The molecule has 0 aliphatic heterocycles. The van der Waals surface area contributed by atoms with E-state index in [9.17, 15) is 18.0 Å². The van der Waals surface area contributed by atoms with Gasteiger partial charge in [-0.2, -0.15) is 18.3 Å². The van der Waals surface area contributed by atoms with E-state index >= 15 is 0 Å². The summed E-state index contributed by atoms with van der Waals surface area (Å²) in [4.78, 5) is 11.9. The fourth-order valence-corrected chi connectivity index (χ4v) is 1.88. The zero-order chi connectivity index (χ0) is 14.8. The molecule has 0 radical (unpaired) electrons. The van der Waals surface area contributed by atoms with Gasteiger partial charge in [-0.1, -0.05) is 12.1 Å². The van der Waals surface area contributed by atoms with Gasteiger partial charge < -0.3 is 0 Å². The lowest BCUT2D eigenvalue weighted by molar-refractivity contribution is -0.137. The van der Waals surface area contributed by atoms with Crippen LogP contribution in [-0.4, -0.2) is 15.6 Å². The molecule has 1 aromatic heterocycles. The smallest absolute Gasteiger partial charge is 0.294 e. The van der Waals surface area contributed by atoms with Crippen molar-refractivity contribution in [3.63, 3.8) is 0 Å². The van der Waals surface area contributed by atoms with E-state index < -0.39 is 11.7 Å². The maximum absolute atomic E-state index is 12.4. The average Bonchev–Trinajstić information content (AvgIpc) is 2.81. The topological polar surface area (TPSA) is 34.9 Å². The van der Waals surface area contributed by atoms with Gasteiger partial charge in [-0.25, -0.2) is 0 Å². The third kappa shape index (κ3) is 3.26. The fourth-order valence-electron chi connectivity index (χ4n) is 1.88. The molecule has 0 bridgehead atoms. The van der Waals surface area contributed by atoms with Crippen LogP contribution in [0.25, 0.3) is 0 Å². The Morgan fingerprint density at radius 2 is 1.85 bits per heavy atom. The maximum Gasteiger partial charge on any atom is 0.416 e. The molecule has 3 nitrogen and oxygen atoms in total. The van der Waals surface area contributed by atoms with Crippen LogP contribution in [0.2, 0.25) is 0 Å². The molecule has 1 heterocycles. The molecule has 0 aliphatic carbocycles. The van der Waals surface area contributed by atoms with Crippen LogP contribution in [0.3, 0.4) is 0 Å². The molecule has 2 aromatic rings. The lowest BCUT2D eigenvalue weighted by Crippen LogP contribution is -2.07. The summed E-state index contributed by atoms with van der Waals surface area (Å²) in [6.07, 6.45) is -1.99. The highest BCUT2D eigenvalue weighted by Gasteiger charge is 2.30. The first-order chi connectivity index (χ1) is 9.38. The minimum absolute atomic E-state index is 0.181. The Morgan fingerprint density at radius 3 is 2.35 bits per heavy atom. The second kappa shape index (κ2) is 5.48. The highest BCUT2D eigenvalue weighted by molar-refractivity contribution is 5.96. The van der Waals surface area contributed by atoms with Crippen molar-refractivity contribution >= 4 is 5.78 Å². The zero-order valence-corrected chi connectivity index (χ0v) is 10.8. The van der Waals surface area contributed by atoms with Gasteiger partial charge in [0.2, 0.25) is 0 Å². The molecule has 0 spiro atoms. The molecule has 0 atom stereocenters. The second-order valence-corrected chi connectivity index (χ2v) is 4.44. The van der Waals surface area contributed by atoms with Crippen molar-refractivity contribution in [1.29, 1.82) is 0 Å². The first-order valence-electron chi connectivity index (χ1n) is 6.05. The summed E-state index contributed by atoms with van der Waals surface area (Å²) >= 11 is 0. The largest absolute Gasteiger partial charge is 0.416 e. The Bertz CT molecular complexity index is 600. The standard InChI is InChI=1S/C14H13F3N2O/c1-19-12(8-9-18-19)6-7-13(20)10-2-4-11(5-3-10)14(15,16)17/h2-5,8-9H,6-7H2,1H3. The zero-order valence-electron chi connectivity index (χ0n) is 10.8. The monoisotopic (exact) mass is 282 g/mol. The van der Waals surface area contributed by atoms with E-state index in [1.54, 1.807) is 24.0 Å². The second-order valence-electron chi connectivity index (χ2n) is 4.44. The third-order valence-electron chi connectivity index (χ3n) is 3.06. The van der Waals surface area contributed by atoms with Gasteiger partial charge in [-0.15, -0.1) is 0 Å². The number of nitrogens with zero attached hydrogens (tertiary/aromatic N) is 2. The minimum Gasteiger partial charge on any atom is -0.294 e. The number of ketones is 1. The number of alkyl halides is 3. The quantitative estimate of drug-likeness (QED) is 0.807. The molecule has 20 heavy (non-hydrogen) atoms. The molecule has 0 N–H and O–H groups in total. The number of hydrogen-bond donors (Lipinski definition) is 0. The molecule has 0 aliphatic rings. The Morgan fingerprint density at radius 1 is 1.20 bits per heavy atom. The molecule has 1 aromatic carbocycles. The number of aromatic nitrogens is 2. The fraction of sp³-hybridized carbons (Fsp3) is 0.286. The van der Waals surface area contributed by atoms with E-state index in [-0.39, 0.29) is 12.2 Å². The van der Waals surface area contributed by atoms with Crippen LogP contribution >= 0.6 is 0 Å². The number of benzene rings is 1. The predicted octanol–water partition coefficient (Wildman–Crippen LogP) is 3.25. The van der Waals surface area contributed by atoms with E-state index in [0.29, 0.717) is 12.0 Å². The van der Waals surface area contributed by atoms with Gasteiger partial charge in [0.05, 0.1) is 5.56 Å². The van der Waals surface area contributed by atoms with Crippen LogP contribution in [0.15, 0.2) is 36.5 Å². The number of Topliss-reactive ketones (excluding diaryl/α,β-unsaturated/α-hetero) is 1. The molecule has 0 saturated heterocycles. The van der Waals surface area contributed by atoms with E-state index in [0.717, 1.165) is 17.8 Å². The van der Waals surface area contributed by atoms with Gasteiger partial charge in [0.15, 0.2) is 5.78 Å². The Hall–Kier alpha value is -2.11. The van der Waals surface area contributed by atoms with Crippen molar-refractivity contribution in [2.75, 3.05) is 0 Å². The van der Waals surface area contributed by atoms with Crippen molar-refractivity contribution in [2.24, 2.45) is 7.05 Å². The first kappa shape index (κ1) is 14.3. The van der Waals surface area contributed by atoms with E-state index in [1.807, 2.05) is 0 Å². The lowest BCUT2D eigenvalue weighted by atomic mass is 10.0. The molecule has 0 fully saturated rings. The van der Waals surface area contributed by atoms with Crippen LogP contribution in [0.5, 0.6) is 0 Å². The Balaban J connectivity index is 2.01. The van der Waals surface area contributed by atoms with Gasteiger partial charge in [-0.05, 0) is 24.6 Å². The van der Waals surface area contributed by atoms with Crippen LogP contribution in [-0.2, 0) is 19.6 Å². The molecule has 0 saturated carbocycles. The van der Waals surface area contributed by atoms with Gasteiger partial charge in [0, 0.05) is 30.9 Å². The van der Waals surface area contributed by atoms with E-state index in [4.69, 9.17) is 0 Å². The molecule has 6 heteroatoms. The van der Waals surface area contributed by atoms with Crippen LogP contribution in [0.4, 0.5) is 13.2 Å². The van der Waals surface area contributed by atoms with Gasteiger partial charge in [0.25, 0.3) is 0 Å². The number of aryl methyl sites for hydroxylation is 2. The Labute approximate surface area is 114 Å². The normalized spacial score (nSPS) is 11.6. The molecule has 0 unspecified atom stereocenters. The Kier molecular flexibility index (Phi) is 3.92. The van der Waals surface area contributed by atoms with Crippen LogP contribution in [0, 0.1) is 0 Å². The van der Waals surface area contributed by atoms with Gasteiger partial charge in [0.1, 0.15) is 0 Å². The van der Waals surface area contributed by atoms with Crippen LogP contribution < -0.4 is 0 Å². The number of hydrogen-bond acceptors (Lipinski definition) is 2. The highest BCUT2D eigenvalue weighted by atomic mass is 19.4. The van der Waals surface area contributed by atoms with Crippen molar-refractivity contribution < 1.29 is 18.0 Å². The summed E-state index contributed by atoms with van der Waals surface area (Å²) in [6.45, 7) is 0. The predicted molar refractivity (Wildman–Crippen MR) is 67.3 cm³/mol. The lowest BCUT2D eigenvalue weighted by Gasteiger charge is -2.07. The molecular formula is C14H13F3N2O. The summed E-state index contributed by atoms with van der Waals surface area (Å²) in [5, 5.41) is 3.99. The number of carbonyl (C=O) groups excluding carboxylic acids is 1. The van der Waals surface area contributed by atoms with Crippen molar-refractivity contribution in [1.82, 2.24) is 9.78 Å². The SMILES string of the molecule is Cn1nccc1CCC(=O)c1ccc(C(F)(F)F)cc1. The summed E-state index contributed by atoms with van der Waals surface area (Å²) in [6, 6.07) is 6.09. The van der Waals surface area contributed by atoms with Crippen molar-refractivity contribution in [3.05, 3.63) is 53.3 Å². The van der Waals surface area contributed by atoms with E-state index in [2.05, 4.69) is 5.10 Å². The van der Waals surface area contributed by atoms with Gasteiger partial charge in [-0.3, -0.25) is 9.48 Å². The highest BCUT2D eigenvalue weighted by Crippen LogP contribution is 2.29. The maximum atomic E-state index is 12.4. The van der Waals surface area contributed by atoms with E-state index in [1.165, 1.54) is 12.1 Å². The average molecular weight is 282 g/mol. The van der Waals surface area contributed by atoms with Gasteiger partial charge >= 0.3 is 6.18 Å². The minimum atomic E-state index is -4.38. The summed E-state index contributed by atoms with van der Waals surface area (Å²) in [5.74, 6) is -0.181. The summed E-state index contributed by atoms with van der Waals surface area (Å²) in [7, 11) is 1.78. The molecule has 2 rings (SSSR count). The van der Waals surface area contributed by atoms with Crippen molar-refractivity contribution in [2.45, 2.75) is 19.0 Å². The number of halogens is 3. The van der Waals surface area contributed by atoms with Crippen LogP contribution in [0.1, 0.15) is 28.0 Å². The summed E-state index contributed by atoms with van der Waals surface area (Å²) in [5.41, 5.74) is 0.450. The summed E-state index contributed by atoms with van der Waals surface area (Å²) < 4.78 is 38.9.